The van der Waals surface area contributed by atoms with Crippen molar-refractivity contribution in [2.24, 2.45) is 0 Å². The highest BCUT2D eigenvalue weighted by Gasteiger charge is 2.07. The normalized spacial score (nSPS) is 10.8. The van der Waals surface area contributed by atoms with Crippen molar-refractivity contribution in [2.45, 2.75) is 19.8 Å². The molecule has 0 saturated heterocycles. The van der Waals surface area contributed by atoms with Gasteiger partial charge in [0, 0.05) is 0 Å². The van der Waals surface area contributed by atoms with Crippen LogP contribution in [0.3, 0.4) is 0 Å². The number of aromatic amines is 2. The van der Waals surface area contributed by atoms with Crippen LogP contribution >= 0.6 is 0 Å². The molecule has 67 valence electrons. The van der Waals surface area contributed by atoms with E-state index in [4.69, 9.17) is 0 Å². The number of hydrogen-bond acceptors (Lipinski definition) is 3. The van der Waals surface area contributed by atoms with Gasteiger partial charge in [-0.15, -0.1) is 0 Å². The summed E-state index contributed by atoms with van der Waals surface area (Å²) in [5.41, 5.74) is 1.71. The van der Waals surface area contributed by atoms with Gasteiger partial charge in [0.15, 0.2) is 6.33 Å². The van der Waals surface area contributed by atoms with Crippen LogP contribution in [0, 0.1) is 6.33 Å². The lowest BCUT2D eigenvalue weighted by atomic mass is 10.2. The first-order chi connectivity index (χ1) is 6.33. The number of aromatic nitrogens is 4. The third-order valence-electron chi connectivity index (χ3n) is 1.88. The molecule has 1 radical (unpaired) electrons. The molecule has 0 spiro atoms. The Hall–Kier alpha value is -1.65. The highest BCUT2D eigenvalue weighted by molar-refractivity contribution is 5.75. The summed E-state index contributed by atoms with van der Waals surface area (Å²) < 4.78 is 0. The van der Waals surface area contributed by atoms with E-state index in [1.807, 2.05) is 0 Å². The van der Waals surface area contributed by atoms with Gasteiger partial charge in [0.2, 0.25) is 0 Å². The number of hydrogen-bond donors (Lipinski definition) is 2. The molecule has 13 heavy (non-hydrogen) atoms. The van der Waals surface area contributed by atoms with E-state index >= 15 is 0 Å². The quantitative estimate of drug-likeness (QED) is 0.697. The van der Waals surface area contributed by atoms with Crippen LogP contribution in [0.25, 0.3) is 11.0 Å². The molecule has 0 aliphatic heterocycles. The van der Waals surface area contributed by atoms with Gasteiger partial charge in [-0.2, -0.15) is 10.1 Å². The summed E-state index contributed by atoms with van der Waals surface area (Å²) in [6.45, 7) is 2.06. The van der Waals surface area contributed by atoms with Crippen LogP contribution in [0.4, 0.5) is 0 Å². The first-order valence-electron chi connectivity index (χ1n) is 4.16. The number of H-pyrrole nitrogens is 2. The second-order valence-electron chi connectivity index (χ2n) is 2.82. The summed E-state index contributed by atoms with van der Waals surface area (Å²) in [4.78, 5) is 17.4. The van der Waals surface area contributed by atoms with Gasteiger partial charge in [-0.3, -0.25) is 9.89 Å². The largest absolute Gasteiger partial charge is 0.334 e. The number of aryl methyl sites for hydroxylation is 1. The summed E-state index contributed by atoms with van der Waals surface area (Å²) in [5.74, 6) is 0. The lowest BCUT2D eigenvalue weighted by Crippen LogP contribution is -2.06. The van der Waals surface area contributed by atoms with Crippen molar-refractivity contribution in [3.05, 3.63) is 22.4 Å². The Bertz CT molecular complexity index is 470. The molecule has 0 aliphatic carbocycles. The molecule has 0 bridgehead atoms. The van der Waals surface area contributed by atoms with Crippen molar-refractivity contribution in [1.29, 1.82) is 0 Å². The maximum absolute atomic E-state index is 11.2. The van der Waals surface area contributed by atoms with E-state index < -0.39 is 0 Å². The third-order valence-corrected chi connectivity index (χ3v) is 1.88. The average molecular weight is 177 g/mol. The average Bonchev–Trinajstić information content (AvgIpc) is 2.51. The SMILES string of the molecule is CCCc1n[nH]c2c(=O)n[c][nH]c12. The molecule has 2 heterocycles. The van der Waals surface area contributed by atoms with Gasteiger partial charge in [-0.1, -0.05) is 13.3 Å². The maximum Gasteiger partial charge on any atom is 0.299 e. The monoisotopic (exact) mass is 177 g/mol. The maximum atomic E-state index is 11.2. The Morgan fingerprint density at radius 1 is 1.46 bits per heavy atom. The zero-order valence-electron chi connectivity index (χ0n) is 7.22. The zero-order valence-corrected chi connectivity index (χ0v) is 7.22. The first kappa shape index (κ1) is 7.97. The molecular formula is C8H9N4O. The molecule has 0 aliphatic rings. The predicted octanol–water partition coefficient (Wildman–Crippen LogP) is 0.399. The number of rotatable bonds is 2. The Balaban J connectivity index is 2.68. The van der Waals surface area contributed by atoms with Crippen LogP contribution in [0.5, 0.6) is 0 Å². The van der Waals surface area contributed by atoms with Crippen molar-refractivity contribution in [3.63, 3.8) is 0 Å². The van der Waals surface area contributed by atoms with E-state index in [0.717, 1.165) is 24.1 Å². The lowest BCUT2D eigenvalue weighted by Gasteiger charge is -1.90. The molecular weight excluding hydrogens is 168 g/mol. The van der Waals surface area contributed by atoms with E-state index in [9.17, 15) is 4.79 Å². The predicted molar refractivity (Wildman–Crippen MR) is 47.3 cm³/mol. The van der Waals surface area contributed by atoms with Crippen molar-refractivity contribution < 1.29 is 0 Å². The van der Waals surface area contributed by atoms with Crippen LogP contribution in [-0.2, 0) is 6.42 Å². The Kier molecular flexibility index (Phi) is 1.84. The minimum atomic E-state index is -0.316. The second-order valence-corrected chi connectivity index (χ2v) is 2.82. The van der Waals surface area contributed by atoms with E-state index in [2.05, 4.69) is 33.4 Å². The van der Waals surface area contributed by atoms with Crippen molar-refractivity contribution >= 4 is 11.0 Å². The fourth-order valence-electron chi connectivity index (χ4n) is 1.28. The van der Waals surface area contributed by atoms with E-state index in [1.165, 1.54) is 0 Å². The molecule has 2 aromatic rings. The van der Waals surface area contributed by atoms with Crippen LogP contribution in [-0.4, -0.2) is 20.2 Å². The van der Waals surface area contributed by atoms with Gasteiger partial charge in [0.05, 0.1) is 11.2 Å². The Morgan fingerprint density at radius 3 is 3.08 bits per heavy atom. The molecule has 2 rings (SSSR count). The van der Waals surface area contributed by atoms with E-state index in [0.29, 0.717) is 5.52 Å². The summed E-state index contributed by atoms with van der Waals surface area (Å²) in [5, 5.41) is 6.69. The number of nitrogens with one attached hydrogen (secondary N) is 2. The van der Waals surface area contributed by atoms with Gasteiger partial charge >= 0.3 is 0 Å². The standard InChI is InChI=1S/C8H9N4O/c1-2-3-5-6-7(12-11-5)8(13)10-4-9-6/h2-3H2,1H3,(H,11,12)(H,9,10,13). The lowest BCUT2D eigenvalue weighted by molar-refractivity contribution is 0.871. The van der Waals surface area contributed by atoms with Crippen LogP contribution in [0.2, 0.25) is 0 Å². The topological polar surface area (TPSA) is 74.4 Å². The van der Waals surface area contributed by atoms with Gasteiger partial charge in [0.1, 0.15) is 5.52 Å². The van der Waals surface area contributed by atoms with Crippen LogP contribution in [0.1, 0.15) is 19.0 Å². The molecule has 5 heteroatoms. The third kappa shape index (κ3) is 1.22. The second kappa shape index (κ2) is 3.01. The van der Waals surface area contributed by atoms with Gasteiger partial charge < -0.3 is 4.98 Å². The fourth-order valence-corrected chi connectivity index (χ4v) is 1.28. The van der Waals surface area contributed by atoms with Crippen molar-refractivity contribution in [2.75, 3.05) is 0 Å². The summed E-state index contributed by atoms with van der Waals surface area (Å²) in [6.07, 6.45) is 4.27. The van der Waals surface area contributed by atoms with Gasteiger partial charge in [0.25, 0.3) is 5.56 Å². The van der Waals surface area contributed by atoms with Crippen LogP contribution < -0.4 is 5.56 Å². The molecule has 0 saturated carbocycles. The minimum Gasteiger partial charge on any atom is -0.334 e. The highest BCUT2D eigenvalue weighted by Crippen LogP contribution is 2.09. The number of nitrogens with zero attached hydrogens (tertiary/aromatic N) is 2. The molecule has 0 unspecified atom stereocenters. The van der Waals surface area contributed by atoms with E-state index in [-0.39, 0.29) is 5.56 Å². The van der Waals surface area contributed by atoms with Crippen molar-refractivity contribution in [1.82, 2.24) is 20.2 Å². The fraction of sp³-hybridized carbons (Fsp3) is 0.375. The van der Waals surface area contributed by atoms with Crippen molar-refractivity contribution in [3.8, 4) is 0 Å². The molecule has 2 aromatic heterocycles. The smallest absolute Gasteiger partial charge is 0.299 e. The Labute approximate surface area is 74.2 Å². The molecule has 0 atom stereocenters. The summed E-state index contributed by atoms with van der Waals surface area (Å²) in [6, 6.07) is 0. The molecule has 0 fully saturated rings. The van der Waals surface area contributed by atoms with Gasteiger partial charge in [-0.05, 0) is 6.42 Å². The summed E-state index contributed by atoms with van der Waals surface area (Å²) in [7, 11) is 0. The van der Waals surface area contributed by atoms with E-state index in [1.54, 1.807) is 0 Å². The Morgan fingerprint density at radius 2 is 2.31 bits per heavy atom. The summed E-state index contributed by atoms with van der Waals surface area (Å²) >= 11 is 0. The molecule has 5 nitrogen and oxygen atoms in total. The molecule has 0 aromatic carbocycles. The minimum absolute atomic E-state index is 0.316. The first-order valence-corrected chi connectivity index (χ1v) is 4.16. The van der Waals surface area contributed by atoms with Gasteiger partial charge in [-0.25, -0.2) is 0 Å². The number of fused-ring (bicyclic) bond motifs is 1. The van der Waals surface area contributed by atoms with Crippen LogP contribution in [0.15, 0.2) is 4.79 Å². The highest BCUT2D eigenvalue weighted by atomic mass is 16.1. The molecule has 0 amide bonds. The zero-order chi connectivity index (χ0) is 9.26. The molecule has 2 N–H and O–H groups in total.